The smallest absolute Gasteiger partial charge is 0.279 e. The van der Waals surface area contributed by atoms with Gasteiger partial charge in [-0.2, -0.15) is 4.31 Å². The van der Waals surface area contributed by atoms with Crippen LogP contribution in [0.25, 0.3) is 0 Å². The Labute approximate surface area is 113 Å². The maximum absolute atomic E-state index is 12.7. The van der Waals surface area contributed by atoms with Crippen molar-refractivity contribution in [3.63, 3.8) is 0 Å². The molecule has 3 rings (SSSR count). The van der Waals surface area contributed by atoms with Crippen molar-refractivity contribution in [1.29, 1.82) is 0 Å². The highest BCUT2D eigenvalue weighted by molar-refractivity contribution is 7.89. The highest BCUT2D eigenvalue weighted by atomic mass is 32.2. The van der Waals surface area contributed by atoms with E-state index in [1.54, 1.807) is 11.4 Å². The molecule has 1 aromatic heterocycles. The number of sulfonamides is 1. The molecule has 0 N–H and O–H groups in total. The van der Waals surface area contributed by atoms with Crippen LogP contribution in [-0.2, 0) is 17.1 Å². The van der Waals surface area contributed by atoms with Crippen molar-refractivity contribution in [2.75, 3.05) is 6.54 Å². The normalized spacial score (nSPS) is 26.3. The minimum atomic E-state index is -3.49. The van der Waals surface area contributed by atoms with Gasteiger partial charge >= 0.3 is 0 Å². The highest BCUT2D eigenvalue weighted by Gasteiger charge is 2.41. The van der Waals surface area contributed by atoms with E-state index in [1.807, 2.05) is 0 Å². The van der Waals surface area contributed by atoms with Gasteiger partial charge in [-0.25, -0.2) is 8.42 Å². The van der Waals surface area contributed by atoms with Crippen LogP contribution in [0, 0.1) is 5.92 Å². The van der Waals surface area contributed by atoms with E-state index in [0.29, 0.717) is 12.5 Å². The summed E-state index contributed by atoms with van der Waals surface area (Å²) < 4.78 is 28.5. The molecule has 1 saturated heterocycles. The maximum atomic E-state index is 12.7. The summed E-state index contributed by atoms with van der Waals surface area (Å²) in [5.74, 6) is 0.533. The van der Waals surface area contributed by atoms with Crippen LogP contribution in [0.2, 0.25) is 0 Å². The molecule has 2 fully saturated rings. The van der Waals surface area contributed by atoms with E-state index < -0.39 is 10.0 Å². The molecule has 1 aliphatic carbocycles. The van der Waals surface area contributed by atoms with Crippen LogP contribution in [0.15, 0.2) is 11.5 Å². The topological polar surface area (TPSA) is 68.1 Å². The fourth-order valence-electron chi connectivity index (χ4n) is 3.49. The first-order valence-electron chi connectivity index (χ1n) is 6.96. The lowest BCUT2D eigenvalue weighted by Crippen LogP contribution is -2.40. The van der Waals surface area contributed by atoms with Gasteiger partial charge in [0.25, 0.3) is 15.2 Å². The Balaban J connectivity index is 1.90. The van der Waals surface area contributed by atoms with Crippen LogP contribution in [0.4, 0.5) is 0 Å². The molecular weight excluding hydrogens is 264 g/mol. The monoisotopic (exact) mass is 284 g/mol. The average Bonchev–Trinajstić information content (AvgIpc) is 3.09. The number of hydrogen-bond acceptors (Lipinski definition) is 4. The molecule has 0 radical (unpaired) electrons. The molecule has 19 heavy (non-hydrogen) atoms. The molecule has 106 valence electrons. The molecule has 0 aromatic carbocycles. The summed E-state index contributed by atoms with van der Waals surface area (Å²) in [5, 5.41) is 7.53. The Kier molecular flexibility index (Phi) is 3.34. The molecule has 1 atom stereocenters. The van der Waals surface area contributed by atoms with Crippen molar-refractivity contribution >= 4 is 10.0 Å². The molecule has 1 unspecified atom stereocenters. The van der Waals surface area contributed by atoms with Crippen molar-refractivity contribution in [3.05, 3.63) is 6.33 Å². The number of nitrogens with zero attached hydrogens (tertiary/aromatic N) is 4. The Morgan fingerprint density at radius 2 is 1.95 bits per heavy atom. The van der Waals surface area contributed by atoms with Gasteiger partial charge in [-0.05, 0) is 31.6 Å². The van der Waals surface area contributed by atoms with Gasteiger partial charge in [0.15, 0.2) is 0 Å². The van der Waals surface area contributed by atoms with Crippen molar-refractivity contribution < 1.29 is 8.42 Å². The van der Waals surface area contributed by atoms with E-state index in [4.69, 9.17) is 0 Å². The van der Waals surface area contributed by atoms with Crippen LogP contribution >= 0.6 is 0 Å². The lowest BCUT2D eigenvalue weighted by molar-refractivity contribution is 0.286. The molecule has 0 spiro atoms. The minimum Gasteiger partial charge on any atom is -0.306 e. The second-order valence-corrected chi connectivity index (χ2v) is 7.38. The zero-order chi connectivity index (χ0) is 13.5. The summed E-state index contributed by atoms with van der Waals surface area (Å²) in [5.41, 5.74) is 0. The fraction of sp³-hybridized carbons (Fsp3) is 0.833. The predicted octanol–water partition coefficient (Wildman–Crippen LogP) is 1.16. The van der Waals surface area contributed by atoms with Crippen molar-refractivity contribution in [1.82, 2.24) is 19.1 Å². The number of aryl methyl sites for hydroxylation is 1. The average molecular weight is 284 g/mol. The first-order chi connectivity index (χ1) is 9.10. The summed E-state index contributed by atoms with van der Waals surface area (Å²) in [6.07, 6.45) is 8.18. The van der Waals surface area contributed by atoms with Crippen molar-refractivity contribution in [3.8, 4) is 0 Å². The predicted molar refractivity (Wildman–Crippen MR) is 69.9 cm³/mol. The molecule has 1 saturated carbocycles. The van der Waals surface area contributed by atoms with Crippen molar-refractivity contribution in [2.24, 2.45) is 13.0 Å². The SMILES string of the molecule is Cn1cnnc1S(=O)(=O)N1CCCC1C1CCCC1. The number of aromatic nitrogens is 3. The molecule has 2 heterocycles. The molecular formula is C12H20N4O2S. The van der Waals surface area contributed by atoms with Gasteiger partial charge < -0.3 is 4.57 Å². The summed E-state index contributed by atoms with van der Waals surface area (Å²) >= 11 is 0. The molecule has 0 bridgehead atoms. The molecule has 7 heteroatoms. The van der Waals surface area contributed by atoms with Crippen molar-refractivity contribution in [2.45, 2.75) is 49.7 Å². The third-order valence-corrected chi connectivity index (χ3v) is 6.30. The molecule has 1 aliphatic heterocycles. The number of hydrogen-bond donors (Lipinski definition) is 0. The van der Waals surface area contributed by atoms with Crippen LogP contribution < -0.4 is 0 Å². The lowest BCUT2D eigenvalue weighted by Gasteiger charge is -2.27. The minimum absolute atomic E-state index is 0.0670. The molecule has 0 amide bonds. The zero-order valence-corrected chi connectivity index (χ0v) is 12.0. The van der Waals surface area contributed by atoms with E-state index in [-0.39, 0.29) is 11.2 Å². The van der Waals surface area contributed by atoms with Gasteiger partial charge in [-0.15, -0.1) is 10.2 Å². The van der Waals surface area contributed by atoms with Crippen LogP contribution in [-0.4, -0.2) is 40.1 Å². The summed E-state index contributed by atoms with van der Waals surface area (Å²) in [6.45, 7) is 0.621. The van der Waals surface area contributed by atoms with E-state index in [1.165, 1.54) is 23.7 Å². The van der Waals surface area contributed by atoms with Crippen LogP contribution in [0.3, 0.4) is 0 Å². The summed E-state index contributed by atoms with van der Waals surface area (Å²) in [4.78, 5) is 0. The maximum Gasteiger partial charge on any atom is 0.279 e. The Morgan fingerprint density at radius 1 is 1.21 bits per heavy atom. The zero-order valence-electron chi connectivity index (χ0n) is 11.2. The van der Waals surface area contributed by atoms with Gasteiger partial charge in [-0.3, -0.25) is 0 Å². The number of rotatable bonds is 3. The Bertz CT molecular complexity index is 548. The highest BCUT2D eigenvalue weighted by Crippen LogP contribution is 2.37. The van der Waals surface area contributed by atoms with Gasteiger partial charge in [0, 0.05) is 19.6 Å². The van der Waals surface area contributed by atoms with E-state index in [0.717, 1.165) is 25.7 Å². The second kappa shape index (κ2) is 4.86. The van der Waals surface area contributed by atoms with Crippen LogP contribution in [0.1, 0.15) is 38.5 Å². The first-order valence-corrected chi connectivity index (χ1v) is 8.40. The second-order valence-electron chi connectivity index (χ2n) is 5.59. The van der Waals surface area contributed by atoms with E-state index in [2.05, 4.69) is 10.2 Å². The Hall–Kier alpha value is -0.950. The Morgan fingerprint density at radius 3 is 2.58 bits per heavy atom. The lowest BCUT2D eigenvalue weighted by atomic mass is 9.97. The standard InChI is InChI=1S/C12H20N4O2S/c1-15-9-13-14-12(15)19(17,18)16-8-4-7-11(16)10-5-2-3-6-10/h9-11H,2-8H2,1H3. The molecule has 1 aromatic rings. The molecule has 2 aliphatic rings. The first kappa shape index (κ1) is 13.1. The largest absolute Gasteiger partial charge is 0.306 e. The third kappa shape index (κ3) is 2.18. The van der Waals surface area contributed by atoms with Gasteiger partial charge in [0.1, 0.15) is 6.33 Å². The van der Waals surface area contributed by atoms with Gasteiger partial charge in [-0.1, -0.05) is 12.8 Å². The summed E-state index contributed by atoms with van der Waals surface area (Å²) in [6, 6.07) is 0.171. The van der Waals surface area contributed by atoms with Crippen LogP contribution in [0.5, 0.6) is 0 Å². The summed E-state index contributed by atoms with van der Waals surface area (Å²) in [7, 11) is -1.82. The fourth-order valence-corrected chi connectivity index (χ4v) is 5.26. The van der Waals surface area contributed by atoms with E-state index >= 15 is 0 Å². The quantitative estimate of drug-likeness (QED) is 0.835. The van der Waals surface area contributed by atoms with Gasteiger partial charge in [0.2, 0.25) is 0 Å². The van der Waals surface area contributed by atoms with E-state index in [9.17, 15) is 8.42 Å². The third-order valence-electron chi connectivity index (χ3n) is 4.40. The molecule has 6 nitrogen and oxygen atoms in total. The van der Waals surface area contributed by atoms with Gasteiger partial charge in [0.05, 0.1) is 0 Å².